The summed E-state index contributed by atoms with van der Waals surface area (Å²) in [7, 11) is 0. The number of hydrogen-bond acceptors (Lipinski definition) is 6. The lowest BCUT2D eigenvalue weighted by molar-refractivity contribution is -0.144. The SMILES string of the molecule is CCC(C)C(NC(=O)C(CC(=O)O)NC(=O)C(Cc1c[nH]c2ccccc12)NC(=O)C(N)Cc1ccccc1)C(=O)O. The molecule has 0 aliphatic carbocycles. The summed E-state index contributed by atoms with van der Waals surface area (Å²) in [6, 6.07) is 11.4. The topological polar surface area (TPSA) is 204 Å². The number of amides is 3. The van der Waals surface area contributed by atoms with Crippen LogP contribution in [0.25, 0.3) is 10.9 Å². The molecule has 0 saturated carbocycles. The summed E-state index contributed by atoms with van der Waals surface area (Å²) in [5, 5.41) is 27.2. The first-order valence-electron chi connectivity index (χ1n) is 13.7. The van der Waals surface area contributed by atoms with E-state index < -0.39 is 66.2 Å². The molecule has 0 bridgehead atoms. The Labute approximate surface area is 243 Å². The molecule has 0 saturated heterocycles. The molecule has 0 radical (unpaired) electrons. The number of carbonyl (C=O) groups is 5. The number of H-pyrrole nitrogens is 1. The van der Waals surface area contributed by atoms with Crippen LogP contribution >= 0.6 is 0 Å². The predicted molar refractivity (Wildman–Crippen MR) is 155 cm³/mol. The lowest BCUT2D eigenvalue weighted by Crippen LogP contribution is -2.58. The standard InChI is InChI=1S/C30H37N5O7/c1-3-17(2)26(30(41)42)35-29(40)24(15-25(36)37)34-28(39)23(14-19-16-32-22-12-8-7-11-20(19)22)33-27(38)21(31)13-18-9-5-4-6-10-18/h4-12,16-17,21,23-24,26,32H,3,13-15,31H2,1-2H3,(H,33,38)(H,34,39)(H,35,40)(H,36,37)(H,41,42). The Hall–Kier alpha value is -4.71. The molecule has 5 unspecified atom stereocenters. The van der Waals surface area contributed by atoms with E-state index in [0.717, 1.165) is 16.5 Å². The zero-order chi connectivity index (χ0) is 30.8. The normalized spacial score (nSPS) is 14.6. The Kier molecular flexibility index (Phi) is 11.2. The highest BCUT2D eigenvalue weighted by molar-refractivity contribution is 5.96. The number of fused-ring (bicyclic) bond motifs is 1. The van der Waals surface area contributed by atoms with Crippen molar-refractivity contribution in [2.24, 2.45) is 11.7 Å². The first-order valence-corrected chi connectivity index (χ1v) is 13.7. The van der Waals surface area contributed by atoms with Gasteiger partial charge in [-0.2, -0.15) is 0 Å². The van der Waals surface area contributed by atoms with Gasteiger partial charge >= 0.3 is 11.9 Å². The van der Waals surface area contributed by atoms with E-state index in [4.69, 9.17) is 5.73 Å². The van der Waals surface area contributed by atoms with Crippen LogP contribution in [-0.4, -0.2) is 69.0 Å². The summed E-state index contributed by atoms with van der Waals surface area (Å²) in [6.45, 7) is 3.39. The van der Waals surface area contributed by atoms with Crippen molar-refractivity contribution in [2.45, 2.75) is 63.7 Å². The molecule has 0 fully saturated rings. The first kappa shape index (κ1) is 31.8. The molecule has 0 aliphatic rings. The van der Waals surface area contributed by atoms with E-state index in [-0.39, 0.29) is 12.8 Å². The second-order valence-electron chi connectivity index (χ2n) is 10.3. The van der Waals surface area contributed by atoms with Crippen molar-refractivity contribution >= 4 is 40.6 Å². The Morgan fingerprint density at radius 2 is 1.45 bits per heavy atom. The molecular formula is C30H37N5O7. The van der Waals surface area contributed by atoms with Gasteiger partial charge in [0.25, 0.3) is 0 Å². The maximum Gasteiger partial charge on any atom is 0.326 e. The molecule has 0 spiro atoms. The summed E-state index contributed by atoms with van der Waals surface area (Å²) >= 11 is 0. The lowest BCUT2D eigenvalue weighted by atomic mass is 9.98. The van der Waals surface area contributed by atoms with Gasteiger partial charge in [-0.1, -0.05) is 68.8 Å². The minimum absolute atomic E-state index is 0.00563. The van der Waals surface area contributed by atoms with Gasteiger partial charge < -0.3 is 36.9 Å². The number of aromatic nitrogens is 1. The van der Waals surface area contributed by atoms with Crippen LogP contribution in [0.3, 0.4) is 0 Å². The zero-order valence-corrected chi connectivity index (χ0v) is 23.5. The number of nitrogens with two attached hydrogens (primary N) is 1. The lowest BCUT2D eigenvalue weighted by Gasteiger charge is -2.26. The number of aromatic amines is 1. The largest absolute Gasteiger partial charge is 0.481 e. The van der Waals surface area contributed by atoms with Gasteiger partial charge in [0.2, 0.25) is 17.7 Å². The number of benzene rings is 2. The van der Waals surface area contributed by atoms with Crippen LogP contribution in [0.2, 0.25) is 0 Å². The number of hydrogen-bond donors (Lipinski definition) is 7. The van der Waals surface area contributed by atoms with Gasteiger partial charge in [-0.25, -0.2) is 4.79 Å². The molecule has 3 amide bonds. The van der Waals surface area contributed by atoms with Gasteiger partial charge in [-0.05, 0) is 29.5 Å². The molecule has 5 atom stereocenters. The van der Waals surface area contributed by atoms with Gasteiger partial charge in [0.1, 0.15) is 18.1 Å². The number of carboxylic acids is 2. The Balaban J connectivity index is 1.84. The average Bonchev–Trinajstić information content (AvgIpc) is 3.37. The van der Waals surface area contributed by atoms with Crippen LogP contribution in [0, 0.1) is 5.92 Å². The molecule has 42 heavy (non-hydrogen) atoms. The molecule has 3 rings (SSSR count). The second kappa shape index (κ2) is 14.8. The first-order chi connectivity index (χ1) is 20.0. The maximum atomic E-state index is 13.6. The highest BCUT2D eigenvalue weighted by Crippen LogP contribution is 2.19. The van der Waals surface area contributed by atoms with E-state index >= 15 is 0 Å². The van der Waals surface area contributed by atoms with Crippen LogP contribution in [0.5, 0.6) is 0 Å². The molecular weight excluding hydrogens is 542 g/mol. The second-order valence-corrected chi connectivity index (χ2v) is 10.3. The van der Waals surface area contributed by atoms with Gasteiger partial charge in [-0.15, -0.1) is 0 Å². The molecule has 2 aromatic carbocycles. The van der Waals surface area contributed by atoms with Crippen molar-refractivity contribution in [3.63, 3.8) is 0 Å². The number of aliphatic carboxylic acids is 2. The Morgan fingerprint density at radius 3 is 2.10 bits per heavy atom. The van der Waals surface area contributed by atoms with Crippen LogP contribution < -0.4 is 21.7 Å². The van der Waals surface area contributed by atoms with Crippen LogP contribution in [0.1, 0.15) is 37.8 Å². The van der Waals surface area contributed by atoms with Crippen LogP contribution in [-0.2, 0) is 36.8 Å². The van der Waals surface area contributed by atoms with E-state index in [1.54, 1.807) is 20.0 Å². The third-order valence-electron chi connectivity index (χ3n) is 7.16. The number of para-hydroxylation sites is 1. The van der Waals surface area contributed by atoms with E-state index in [2.05, 4.69) is 20.9 Å². The molecule has 8 N–H and O–H groups in total. The van der Waals surface area contributed by atoms with Crippen LogP contribution in [0.15, 0.2) is 60.8 Å². The van der Waals surface area contributed by atoms with Crippen LogP contribution in [0.4, 0.5) is 0 Å². The third-order valence-corrected chi connectivity index (χ3v) is 7.16. The minimum atomic E-state index is -1.60. The summed E-state index contributed by atoms with van der Waals surface area (Å²) in [5.74, 6) is -5.51. The van der Waals surface area contributed by atoms with Gasteiger partial charge in [0.15, 0.2) is 0 Å². The van der Waals surface area contributed by atoms with E-state index in [1.807, 2.05) is 54.6 Å². The summed E-state index contributed by atoms with van der Waals surface area (Å²) in [6.07, 6.45) is 1.56. The molecule has 0 aliphatic heterocycles. The smallest absolute Gasteiger partial charge is 0.326 e. The Morgan fingerprint density at radius 1 is 0.833 bits per heavy atom. The van der Waals surface area contributed by atoms with Gasteiger partial charge in [-0.3, -0.25) is 19.2 Å². The highest BCUT2D eigenvalue weighted by Gasteiger charge is 2.33. The molecule has 12 nitrogen and oxygen atoms in total. The summed E-state index contributed by atoms with van der Waals surface area (Å²) < 4.78 is 0. The number of rotatable bonds is 15. The van der Waals surface area contributed by atoms with Crippen molar-refractivity contribution in [3.8, 4) is 0 Å². The average molecular weight is 580 g/mol. The fourth-order valence-electron chi connectivity index (χ4n) is 4.56. The molecule has 1 aromatic heterocycles. The minimum Gasteiger partial charge on any atom is -0.481 e. The van der Waals surface area contributed by atoms with E-state index in [9.17, 15) is 34.2 Å². The molecule has 1 heterocycles. The van der Waals surface area contributed by atoms with Crippen molar-refractivity contribution < 1.29 is 34.2 Å². The quantitative estimate of drug-likeness (QED) is 0.140. The van der Waals surface area contributed by atoms with Gasteiger partial charge in [0, 0.05) is 23.5 Å². The maximum absolute atomic E-state index is 13.6. The van der Waals surface area contributed by atoms with Crippen molar-refractivity contribution in [1.82, 2.24) is 20.9 Å². The fraction of sp³-hybridized carbons (Fsp3) is 0.367. The molecule has 3 aromatic rings. The zero-order valence-electron chi connectivity index (χ0n) is 23.5. The third kappa shape index (κ3) is 8.64. The number of carbonyl (C=O) groups excluding carboxylic acids is 3. The Bertz CT molecular complexity index is 1410. The van der Waals surface area contributed by atoms with E-state index in [1.165, 1.54) is 0 Å². The van der Waals surface area contributed by atoms with Crippen molar-refractivity contribution in [1.29, 1.82) is 0 Å². The monoisotopic (exact) mass is 579 g/mol. The predicted octanol–water partition coefficient (Wildman–Crippen LogP) is 1.34. The number of nitrogens with one attached hydrogen (secondary N) is 4. The summed E-state index contributed by atoms with van der Waals surface area (Å²) in [4.78, 5) is 66.1. The van der Waals surface area contributed by atoms with Crippen molar-refractivity contribution in [2.75, 3.05) is 0 Å². The molecule has 224 valence electrons. The fourth-order valence-corrected chi connectivity index (χ4v) is 4.56. The molecule has 12 heteroatoms. The highest BCUT2D eigenvalue weighted by atomic mass is 16.4. The van der Waals surface area contributed by atoms with E-state index in [0.29, 0.717) is 12.0 Å². The van der Waals surface area contributed by atoms with Gasteiger partial charge in [0.05, 0.1) is 12.5 Å². The number of carboxylic acid groups (broad SMARTS) is 2. The summed E-state index contributed by atoms with van der Waals surface area (Å²) in [5.41, 5.74) is 8.49. The van der Waals surface area contributed by atoms with Crippen molar-refractivity contribution in [3.05, 3.63) is 71.9 Å².